The van der Waals surface area contributed by atoms with Crippen molar-refractivity contribution >= 4 is 39.3 Å². The Morgan fingerprint density at radius 2 is 2.30 bits per heavy atom. The Bertz CT molecular complexity index is 720. The van der Waals surface area contributed by atoms with Crippen molar-refractivity contribution in [3.8, 4) is 0 Å². The van der Waals surface area contributed by atoms with Crippen molar-refractivity contribution in [1.29, 1.82) is 0 Å². The van der Waals surface area contributed by atoms with Gasteiger partial charge in [0, 0.05) is 19.0 Å². The quantitative estimate of drug-likeness (QED) is 0.731. The minimum Gasteiger partial charge on any atom is -0.354 e. The van der Waals surface area contributed by atoms with Crippen molar-refractivity contribution in [2.75, 3.05) is 11.9 Å². The molecule has 0 unspecified atom stereocenters. The lowest BCUT2D eigenvalue weighted by Crippen LogP contribution is -2.04. The number of aromatic nitrogens is 5. The van der Waals surface area contributed by atoms with Crippen LogP contribution in [0.5, 0.6) is 0 Å². The third kappa shape index (κ3) is 2.61. The highest BCUT2D eigenvalue weighted by atomic mass is 32.2. The average molecular weight is 306 g/mol. The summed E-state index contributed by atoms with van der Waals surface area (Å²) in [6, 6.07) is 2.04. The number of fused-ring (bicyclic) bond motifs is 1. The van der Waals surface area contributed by atoms with Crippen molar-refractivity contribution in [3.63, 3.8) is 0 Å². The summed E-state index contributed by atoms with van der Waals surface area (Å²) in [6.45, 7) is 2.98. The van der Waals surface area contributed by atoms with E-state index < -0.39 is 0 Å². The number of nitrogens with zero attached hydrogens (tertiary/aromatic N) is 5. The van der Waals surface area contributed by atoms with E-state index in [1.54, 1.807) is 22.3 Å². The van der Waals surface area contributed by atoms with Gasteiger partial charge in [-0.2, -0.15) is 5.10 Å². The summed E-state index contributed by atoms with van der Waals surface area (Å²) in [5.41, 5.74) is 0. The molecule has 0 aromatic carbocycles. The van der Waals surface area contributed by atoms with Crippen LogP contribution < -0.4 is 5.32 Å². The number of hydrogen-bond donors (Lipinski definition) is 1. The Labute approximate surface area is 124 Å². The Morgan fingerprint density at radius 1 is 1.40 bits per heavy atom. The van der Waals surface area contributed by atoms with E-state index in [4.69, 9.17) is 0 Å². The molecule has 0 aliphatic rings. The van der Waals surface area contributed by atoms with Crippen molar-refractivity contribution in [2.45, 2.75) is 23.5 Å². The first kappa shape index (κ1) is 13.3. The summed E-state index contributed by atoms with van der Waals surface area (Å²) in [6.07, 6.45) is 2.59. The van der Waals surface area contributed by atoms with Gasteiger partial charge in [0.25, 0.3) is 0 Å². The first-order valence-corrected chi connectivity index (χ1v) is 7.98. The highest BCUT2D eigenvalue weighted by molar-refractivity contribution is 7.99. The zero-order valence-corrected chi connectivity index (χ0v) is 12.8. The summed E-state index contributed by atoms with van der Waals surface area (Å²) < 4.78 is 1.74. The van der Waals surface area contributed by atoms with Crippen LogP contribution in [0.3, 0.4) is 0 Å². The Balaban J connectivity index is 1.99. The molecule has 0 spiro atoms. The van der Waals surface area contributed by atoms with E-state index in [0.717, 1.165) is 33.4 Å². The van der Waals surface area contributed by atoms with E-state index in [9.17, 15) is 0 Å². The van der Waals surface area contributed by atoms with Gasteiger partial charge in [-0.25, -0.2) is 19.6 Å². The van der Waals surface area contributed by atoms with Crippen LogP contribution >= 0.6 is 23.1 Å². The molecule has 0 amide bonds. The molecule has 0 atom stereocenters. The standard InChI is InChI=1S/C12H14N6S2/c1-3-5-13-11-16-9-8(4-6-19-9)10(17-11)20-12-14-7-15-18(12)2/h4,6-7H,3,5H2,1-2H3,(H,13,16,17). The molecular weight excluding hydrogens is 292 g/mol. The molecule has 0 saturated heterocycles. The Morgan fingerprint density at radius 3 is 3.05 bits per heavy atom. The molecule has 0 aliphatic carbocycles. The molecule has 3 rings (SSSR count). The van der Waals surface area contributed by atoms with Crippen molar-refractivity contribution < 1.29 is 0 Å². The maximum Gasteiger partial charge on any atom is 0.225 e. The molecule has 0 fully saturated rings. The normalized spacial score (nSPS) is 11.1. The fourth-order valence-corrected chi connectivity index (χ4v) is 3.37. The first-order valence-electron chi connectivity index (χ1n) is 6.29. The van der Waals surface area contributed by atoms with Crippen molar-refractivity contribution in [2.24, 2.45) is 7.05 Å². The number of aryl methyl sites for hydroxylation is 1. The SMILES string of the molecule is CCCNc1nc(Sc2ncnn2C)c2ccsc2n1. The van der Waals surface area contributed by atoms with Gasteiger partial charge >= 0.3 is 0 Å². The highest BCUT2D eigenvalue weighted by Crippen LogP contribution is 2.33. The Kier molecular flexibility index (Phi) is 3.83. The topological polar surface area (TPSA) is 68.5 Å². The van der Waals surface area contributed by atoms with Crippen LogP contribution in [0.2, 0.25) is 0 Å². The lowest BCUT2D eigenvalue weighted by atomic mass is 10.4. The van der Waals surface area contributed by atoms with Gasteiger partial charge in [-0.3, -0.25) is 0 Å². The highest BCUT2D eigenvalue weighted by Gasteiger charge is 2.12. The van der Waals surface area contributed by atoms with E-state index in [2.05, 4.69) is 32.3 Å². The third-order valence-corrected chi connectivity index (χ3v) is 4.54. The maximum atomic E-state index is 4.59. The molecule has 1 N–H and O–H groups in total. The number of nitrogens with one attached hydrogen (secondary N) is 1. The predicted molar refractivity (Wildman–Crippen MR) is 81.3 cm³/mol. The second-order valence-electron chi connectivity index (χ2n) is 4.19. The van der Waals surface area contributed by atoms with Crippen molar-refractivity contribution in [3.05, 3.63) is 17.8 Å². The van der Waals surface area contributed by atoms with E-state index in [1.807, 2.05) is 18.5 Å². The molecule has 0 radical (unpaired) electrons. The second-order valence-corrected chi connectivity index (χ2v) is 6.04. The summed E-state index contributed by atoms with van der Waals surface area (Å²) in [4.78, 5) is 14.3. The molecule has 6 nitrogen and oxygen atoms in total. The van der Waals surface area contributed by atoms with Gasteiger partial charge < -0.3 is 5.32 Å². The van der Waals surface area contributed by atoms with Crippen LogP contribution in [-0.2, 0) is 7.05 Å². The van der Waals surface area contributed by atoms with Crippen LogP contribution in [0.4, 0.5) is 5.95 Å². The number of anilines is 1. The number of thiophene rings is 1. The monoisotopic (exact) mass is 306 g/mol. The van der Waals surface area contributed by atoms with Gasteiger partial charge in [0.15, 0.2) is 5.16 Å². The van der Waals surface area contributed by atoms with Crippen LogP contribution in [0.25, 0.3) is 10.2 Å². The fourth-order valence-electron chi connectivity index (χ4n) is 1.69. The summed E-state index contributed by atoms with van der Waals surface area (Å²) >= 11 is 3.13. The van der Waals surface area contributed by atoms with E-state index in [1.165, 1.54) is 11.8 Å². The molecule has 8 heteroatoms. The van der Waals surface area contributed by atoms with Gasteiger partial charge in [-0.1, -0.05) is 6.92 Å². The van der Waals surface area contributed by atoms with Crippen LogP contribution in [0, 0.1) is 0 Å². The zero-order chi connectivity index (χ0) is 13.9. The summed E-state index contributed by atoms with van der Waals surface area (Å²) in [5.74, 6) is 0.673. The van der Waals surface area contributed by atoms with E-state index >= 15 is 0 Å². The molecule has 104 valence electrons. The van der Waals surface area contributed by atoms with Gasteiger partial charge in [0.1, 0.15) is 16.2 Å². The summed E-state index contributed by atoms with van der Waals surface area (Å²) in [5, 5.41) is 12.1. The van der Waals surface area contributed by atoms with E-state index in [-0.39, 0.29) is 0 Å². The van der Waals surface area contributed by atoms with Crippen LogP contribution in [0.15, 0.2) is 28.0 Å². The minimum atomic E-state index is 0.673. The van der Waals surface area contributed by atoms with Crippen molar-refractivity contribution in [1.82, 2.24) is 24.7 Å². The molecule has 20 heavy (non-hydrogen) atoms. The maximum absolute atomic E-state index is 4.59. The largest absolute Gasteiger partial charge is 0.354 e. The average Bonchev–Trinajstić information content (AvgIpc) is 3.06. The fraction of sp³-hybridized carbons (Fsp3) is 0.333. The second kappa shape index (κ2) is 5.76. The van der Waals surface area contributed by atoms with Gasteiger partial charge in [-0.05, 0) is 29.6 Å². The van der Waals surface area contributed by atoms with Crippen LogP contribution in [0.1, 0.15) is 13.3 Å². The van der Waals surface area contributed by atoms with Crippen LogP contribution in [-0.4, -0.2) is 31.3 Å². The molecule has 3 heterocycles. The van der Waals surface area contributed by atoms with Gasteiger partial charge in [-0.15, -0.1) is 11.3 Å². The molecule has 3 aromatic heterocycles. The Hall–Kier alpha value is -1.67. The lowest BCUT2D eigenvalue weighted by molar-refractivity contribution is 0.685. The lowest BCUT2D eigenvalue weighted by Gasteiger charge is -2.06. The predicted octanol–water partition coefficient (Wildman–Crippen LogP) is 2.79. The van der Waals surface area contributed by atoms with Gasteiger partial charge in [0.05, 0.1) is 0 Å². The smallest absolute Gasteiger partial charge is 0.225 e. The molecular formula is C12H14N6S2. The number of rotatable bonds is 5. The minimum absolute atomic E-state index is 0.673. The molecule has 0 saturated carbocycles. The zero-order valence-electron chi connectivity index (χ0n) is 11.2. The molecule has 0 bridgehead atoms. The molecule has 0 aliphatic heterocycles. The summed E-state index contributed by atoms with van der Waals surface area (Å²) in [7, 11) is 1.87. The molecule has 3 aromatic rings. The van der Waals surface area contributed by atoms with Gasteiger partial charge in [0.2, 0.25) is 5.95 Å². The number of hydrogen-bond acceptors (Lipinski definition) is 7. The third-order valence-electron chi connectivity index (χ3n) is 2.68. The first-order chi connectivity index (χ1) is 9.78. The van der Waals surface area contributed by atoms with E-state index in [0.29, 0.717) is 5.95 Å².